The molecule has 1 unspecified atom stereocenters. The highest BCUT2D eigenvalue weighted by Gasteiger charge is 2.18. The molecular weight excluding hydrogens is 248 g/mol. The van der Waals surface area contributed by atoms with Gasteiger partial charge in [-0.1, -0.05) is 0 Å². The van der Waals surface area contributed by atoms with Gasteiger partial charge in [0, 0.05) is 32.8 Å². The molecule has 1 atom stereocenters. The number of nitrogens with zero attached hydrogens (tertiary/aromatic N) is 1. The number of carbonyl (C=O) groups is 1. The standard InChI is InChI=1S/C13H28N2O4/c1-4-17-9-7-15(8-10-18-5-2)11-12(14)13(16)19-6-3/h12H,4-11,14H2,1-3H3. The summed E-state index contributed by atoms with van der Waals surface area (Å²) in [7, 11) is 0. The van der Waals surface area contributed by atoms with Gasteiger partial charge in [-0.15, -0.1) is 0 Å². The van der Waals surface area contributed by atoms with Crippen LogP contribution in [0.3, 0.4) is 0 Å². The average Bonchev–Trinajstić information content (AvgIpc) is 2.39. The molecule has 0 fully saturated rings. The topological polar surface area (TPSA) is 74.0 Å². The normalized spacial score (nSPS) is 12.7. The van der Waals surface area contributed by atoms with Crippen LogP contribution in [0.25, 0.3) is 0 Å². The van der Waals surface area contributed by atoms with Crippen molar-refractivity contribution in [2.75, 3.05) is 52.7 Å². The molecule has 0 aliphatic carbocycles. The maximum Gasteiger partial charge on any atom is 0.324 e. The van der Waals surface area contributed by atoms with Crippen LogP contribution in [0.5, 0.6) is 0 Å². The van der Waals surface area contributed by atoms with Crippen molar-refractivity contribution < 1.29 is 19.0 Å². The van der Waals surface area contributed by atoms with E-state index in [1.807, 2.05) is 13.8 Å². The van der Waals surface area contributed by atoms with Gasteiger partial charge >= 0.3 is 5.97 Å². The third-order valence-corrected chi connectivity index (χ3v) is 2.56. The fourth-order valence-electron chi connectivity index (χ4n) is 1.57. The summed E-state index contributed by atoms with van der Waals surface area (Å²) in [5, 5.41) is 0. The SMILES string of the molecule is CCOCCN(CCOCC)CC(N)C(=O)OCC. The lowest BCUT2D eigenvalue weighted by Gasteiger charge is -2.24. The number of hydrogen-bond acceptors (Lipinski definition) is 6. The number of ether oxygens (including phenoxy) is 3. The molecule has 0 aliphatic rings. The molecule has 0 saturated carbocycles. The summed E-state index contributed by atoms with van der Waals surface area (Å²) < 4.78 is 15.5. The lowest BCUT2D eigenvalue weighted by atomic mass is 10.3. The minimum absolute atomic E-state index is 0.352. The second-order valence-electron chi connectivity index (χ2n) is 4.05. The summed E-state index contributed by atoms with van der Waals surface area (Å²) in [6.07, 6.45) is 0. The molecule has 0 saturated heterocycles. The van der Waals surface area contributed by atoms with Crippen molar-refractivity contribution in [2.24, 2.45) is 5.73 Å². The van der Waals surface area contributed by atoms with Crippen LogP contribution < -0.4 is 5.73 Å². The van der Waals surface area contributed by atoms with Crippen molar-refractivity contribution in [1.82, 2.24) is 4.90 Å². The zero-order chi connectivity index (χ0) is 14.5. The van der Waals surface area contributed by atoms with Gasteiger partial charge in [0.2, 0.25) is 0 Å². The summed E-state index contributed by atoms with van der Waals surface area (Å²) in [5.41, 5.74) is 5.81. The smallest absolute Gasteiger partial charge is 0.324 e. The van der Waals surface area contributed by atoms with Gasteiger partial charge in [0.15, 0.2) is 0 Å². The van der Waals surface area contributed by atoms with Crippen molar-refractivity contribution in [3.63, 3.8) is 0 Å². The summed E-state index contributed by atoms with van der Waals surface area (Å²) in [6.45, 7) is 10.6. The summed E-state index contributed by atoms with van der Waals surface area (Å²) in [6, 6.07) is -0.622. The Hall–Kier alpha value is -0.690. The molecule has 2 N–H and O–H groups in total. The largest absolute Gasteiger partial charge is 0.465 e. The first-order valence-electron chi connectivity index (χ1n) is 6.95. The molecule has 0 aromatic heterocycles. The van der Waals surface area contributed by atoms with Gasteiger partial charge in [0.05, 0.1) is 19.8 Å². The maximum atomic E-state index is 11.5. The number of carbonyl (C=O) groups excluding carboxylic acids is 1. The predicted molar refractivity (Wildman–Crippen MR) is 74.0 cm³/mol. The number of rotatable bonds is 12. The molecule has 19 heavy (non-hydrogen) atoms. The second-order valence-corrected chi connectivity index (χ2v) is 4.05. The van der Waals surface area contributed by atoms with Crippen molar-refractivity contribution in [1.29, 1.82) is 0 Å². The Kier molecular flexibility index (Phi) is 11.9. The van der Waals surface area contributed by atoms with E-state index in [0.717, 1.165) is 13.1 Å². The number of nitrogens with two attached hydrogens (primary N) is 1. The molecule has 0 aromatic rings. The molecule has 0 rings (SSSR count). The second kappa shape index (κ2) is 12.3. The molecule has 0 aliphatic heterocycles. The highest BCUT2D eigenvalue weighted by Crippen LogP contribution is 1.95. The molecule has 0 heterocycles. The van der Waals surface area contributed by atoms with Gasteiger partial charge in [0.1, 0.15) is 6.04 Å². The Morgan fingerprint density at radius 1 is 1.05 bits per heavy atom. The molecule has 114 valence electrons. The van der Waals surface area contributed by atoms with Crippen LogP contribution >= 0.6 is 0 Å². The van der Waals surface area contributed by atoms with E-state index < -0.39 is 6.04 Å². The molecule has 0 amide bonds. The molecule has 6 nitrogen and oxygen atoms in total. The van der Waals surface area contributed by atoms with Crippen LogP contribution in [0, 0.1) is 0 Å². The quantitative estimate of drug-likeness (QED) is 0.407. The van der Waals surface area contributed by atoms with Crippen LogP contribution in [0.15, 0.2) is 0 Å². The Bertz CT molecular complexity index is 217. The van der Waals surface area contributed by atoms with Gasteiger partial charge in [-0.05, 0) is 20.8 Å². The Morgan fingerprint density at radius 3 is 2.00 bits per heavy atom. The third-order valence-electron chi connectivity index (χ3n) is 2.56. The van der Waals surface area contributed by atoms with Gasteiger partial charge in [-0.3, -0.25) is 9.69 Å². The van der Waals surface area contributed by atoms with Gasteiger partial charge < -0.3 is 19.9 Å². The van der Waals surface area contributed by atoms with Crippen molar-refractivity contribution in [3.05, 3.63) is 0 Å². The fourth-order valence-corrected chi connectivity index (χ4v) is 1.57. The zero-order valence-electron chi connectivity index (χ0n) is 12.4. The van der Waals surface area contributed by atoms with Gasteiger partial charge in [-0.2, -0.15) is 0 Å². The first-order chi connectivity index (χ1) is 9.15. The summed E-state index contributed by atoms with van der Waals surface area (Å²) >= 11 is 0. The van der Waals surface area contributed by atoms with E-state index in [-0.39, 0.29) is 5.97 Å². The molecule has 0 bridgehead atoms. The minimum atomic E-state index is -0.622. The molecule has 0 radical (unpaired) electrons. The van der Waals surface area contributed by atoms with E-state index in [9.17, 15) is 4.79 Å². The Labute approximate surface area is 116 Å². The van der Waals surface area contributed by atoms with E-state index >= 15 is 0 Å². The van der Waals surface area contributed by atoms with E-state index in [1.54, 1.807) is 6.92 Å². The molecule has 6 heteroatoms. The molecule has 0 spiro atoms. The minimum Gasteiger partial charge on any atom is -0.465 e. The van der Waals surface area contributed by atoms with Crippen LogP contribution in [0.2, 0.25) is 0 Å². The lowest BCUT2D eigenvalue weighted by Crippen LogP contribution is -2.45. The summed E-state index contributed by atoms with van der Waals surface area (Å²) in [4.78, 5) is 13.6. The third kappa shape index (κ3) is 9.84. The lowest BCUT2D eigenvalue weighted by molar-refractivity contribution is -0.145. The maximum absolute atomic E-state index is 11.5. The highest BCUT2D eigenvalue weighted by atomic mass is 16.5. The van der Waals surface area contributed by atoms with Crippen LogP contribution in [-0.2, 0) is 19.0 Å². The summed E-state index contributed by atoms with van der Waals surface area (Å²) in [5.74, 6) is -0.361. The molecule has 0 aromatic carbocycles. The molecular formula is C13H28N2O4. The van der Waals surface area contributed by atoms with Crippen LogP contribution in [0.1, 0.15) is 20.8 Å². The van der Waals surface area contributed by atoms with E-state index in [1.165, 1.54) is 0 Å². The van der Waals surface area contributed by atoms with Crippen LogP contribution in [-0.4, -0.2) is 69.6 Å². The van der Waals surface area contributed by atoms with E-state index in [4.69, 9.17) is 19.9 Å². The van der Waals surface area contributed by atoms with Crippen molar-refractivity contribution in [2.45, 2.75) is 26.8 Å². The Balaban J connectivity index is 4.10. The van der Waals surface area contributed by atoms with Gasteiger partial charge in [0.25, 0.3) is 0 Å². The van der Waals surface area contributed by atoms with Crippen molar-refractivity contribution in [3.8, 4) is 0 Å². The monoisotopic (exact) mass is 276 g/mol. The van der Waals surface area contributed by atoms with Crippen molar-refractivity contribution >= 4 is 5.97 Å². The fraction of sp³-hybridized carbons (Fsp3) is 0.923. The zero-order valence-corrected chi connectivity index (χ0v) is 12.4. The number of hydrogen-bond donors (Lipinski definition) is 1. The van der Waals surface area contributed by atoms with Crippen LogP contribution in [0.4, 0.5) is 0 Å². The van der Waals surface area contributed by atoms with E-state index in [0.29, 0.717) is 39.6 Å². The first kappa shape index (κ1) is 18.3. The first-order valence-corrected chi connectivity index (χ1v) is 6.95. The number of esters is 1. The highest BCUT2D eigenvalue weighted by molar-refractivity contribution is 5.75. The average molecular weight is 276 g/mol. The predicted octanol–water partition coefficient (Wildman–Crippen LogP) is 0.252. The van der Waals surface area contributed by atoms with E-state index in [2.05, 4.69) is 4.90 Å². The van der Waals surface area contributed by atoms with Gasteiger partial charge in [-0.25, -0.2) is 0 Å². The Morgan fingerprint density at radius 2 is 1.58 bits per heavy atom.